The predicted octanol–water partition coefficient (Wildman–Crippen LogP) is 2.87. The van der Waals surface area contributed by atoms with E-state index in [1.807, 2.05) is 30.3 Å². The van der Waals surface area contributed by atoms with E-state index in [9.17, 15) is 0 Å². The van der Waals surface area contributed by atoms with Gasteiger partial charge in [0.05, 0.1) is 29.4 Å². The van der Waals surface area contributed by atoms with Gasteiger partial charge in [-0.1, -0.05) is 0 Å². The van der Waals surface area contributed by atoms with Crippen molar-refractivity contribution in [1.82, 2.24) is 15.0 Å². The first kappa shape index (κ1) is 18.2. The van der Waals surface area contributed by atoms with Crippen LogP contribution in [0.5, 0.6) is 5.75 Å². The van der Waals surface area contributed by atoms with Crippen LogP contribution in [0.4, 0.5) is 0 Å². The molecule has 4 aromatic rings. The number of amidine groups is 2. The number of nitrogens with two attached hydrogens (primary N) is 2. The molecule has 4 rings (SSSR count). The number of hydrogen-bond acceptors (Lipinski definition) is 5. The average molecular weight is 385 g/mol. The molecule has 0 aliphatic heterocycles. The summed E-state index contributed by atoms with van der Waals surface area (Å²) in [5, 5.41) is 15.1. The molecule has 0 saturated heterocycles. The summed E-state index contributed by atoms with van der Waals surface area (Å²) in [4.78, 5) is 12.3. The summed E-state index contributed by atoms with van der Waals surface area (Å²) in [6.07, 6.45) is 1.58. The second kappa shape index (κ2) is 7.08. The van der Waals surface area contributed by atoms with Gasteiger partial charge in [-0.2, -0.15) is 0 Å². The lowest BCUT2D eigenvalue weighted by molar-refractivity contribution is 0.416. The van der Waals surface area contributed by atoms with Crippen LogP contribution in [-0.2, 0) is 0 Å². The summed E-state index contributed by atoms with van der Waals surface area (Å²) in [6.45, 7) is 0. The molecule has 2 aromatic heterocycles. The largest absolute Gasteiger partial charge is 0.496 e. The molecule has 0 spiro atoms. The molecular formula is C21H19N7O. The Morgan fingerprint density at radius 2 is 1.72 bits per heavy atom. The first-order valence-corrected chi connectivity index (χ1v) is 8.79. The van der Waals surface area contributed by atoms with Crippen LogP contribution in [-0.4, -0.2) is 33.7 Å². The fourth-order valence-electron chi connectivity index (χ4n) is 3.08. The molecule has 0 aliphatic carbocycles. The van der Waals surface area contributed by atoms with Crippen molar-refractivity contribution in [2.75, 3.05) is 7.11 Å². The Morgan fingerprint density at radius 1 is 0.966 bits per heavy atom. The second-order valence-corrected chi connectivity index (χ2v) is 6.49. The smallest absolute Gasteiger partial charge is 0.142 e. The Balaban J connectivity index is 1.80. The van der Waals surface area contributed by atoms with Gasteiger partial charge < -0.3 is 21.2 Å². The van der Waals surface area contributed by atoms with Crippen LogP contribution in [0.3, 0.4) is 0 Å². The van der Waals surface area contributed by atoms with Crippen molar-refractivity contribution in [3.05, 3.63) is 65.9 Å². The van der Waals surface area contributed by atoms with Crippen molar-refractivity contribution >= 4 is 22.7 Å². The van der Waals surface area contributed by atoms with Crippen molar-refractivity contribution in [1.29, 1.82) is 10.8 Å². The van der Waals surface area contributed by atoms with Gasteiger partial charge >= 0.3 is 0 Å². The van der Waals surface area contributed by atoms with E-state index in [1.165, 1.54) is 0 Å². The number of H-pyrrole nitrogens is 1. The Labute approximate surface area is 166 Å². The monoisotopic (exact) mass is 385 g/mol. The minimum Gasteiger partial charge on any atom is -0.496 e. The highest BCUT2D eigenvalue weighted by atomic mass is 16.5. The number of hydrogen-bond donors (Lipinski definition) is 5. The van der Waals surface area contributed by atoms with E-state index in [2.05, 4.69) is 15.0 Å². The number of methoxy groups -OCH3 is 1. The maximum Gasteiger partial charge on any atom is 0.142 e. The maximum atomic E-state index is 7.61. The van der Waals surface area contributed by atoms with Crippen LogP contribution in [0.2, 0.25) is 0 Å². The number of nitrogen functional groups attached to an aromatic ring is 2. The molecule has 29 heavy (non-hydrogen) atoms. The minimum absolute atomic E-state index is 0.00251. The number of fused-ring (bicyclic) bond motifs is 1. The number of aromatic nitrogens is 3. The highest BCUT2D eigenvalue weighted by Gasteiger charge is 2.14. The van der Waals surface area contributed by atoms with Gasteiger partial charge in [0.25, 0.3) is 0 Å². The van der Waals surface area contributed by atoms with E-state index >= 15 is 0 Å². The molecule has 2 heterocycles. The van der Waals surface area contributed by atoms with Crippen molar-refractivity contribution in [3.8, 4) is 28.4 Å². The Morgan fingerprint density at radius 3 is 2.38 bits per heavy atom. The fourth-order valence-corrected chi connectivity index (χ4v) is 3.08. The summed E-state index contributed by atoms with van der Waals surface area (Å²) in [5.74, 6) is 1.29. The first-order valence-electron chi connectivity index (χ1n) is 8.79. The van der Waals surface area contributed by atoms with Crippen LogP contribution in [0.15, 0.2) is 54.7 Å². The molecule has 0 fully saturated rings. The van der Waals surface area contributed by atoms with Gasteiger partial charge in [0, 0.05) is 22.9 Å². The van der Waals surface area contributed by atoms with Gasteiger partial charge in [-0.25, -0.2) is 4.98 Å². The van der Waals surface area contributed by atoms with Crippen molar-refractivity contribution < 1.29 is 4.74 Å². The summed E-state index contributed by atoms with van der Waals surface area (Å²) in [5.41, 5.74) is 16.2. The molecule has 0 aliphatic rings. The van der Waals surface area contributed by atoms with Crippen molar-refractivity contribution in [3.63, 3.8) is 0 Å². The van der Waals surface area contributed by atoms with Crippen LogP contribution in [0, 0.1) is 10.8 Å². The van der Waals surface area contributed by atoms with Crippen molar-refractivity contribution in [2.24, 2.45) is 11.5 Å². The number of benzene rings is 2. The third-order valence-electron chi connectivity index (χ3n) is 4.62. The second-order valence-electron chi connectivity index (χ2n) is 6.49. The zero-order valence-corrected chi connectivity index (χ0v) is 15.7. The zero-order valence-electron chi connectivity index (χ0n) is 15.7. The molecule has 7 N–H and O–H groups in total. The Hall–Kier alpha value is -4.20. The first-order chi connectivity index (χ1) is 14.0. The topological polar surface area (TPSA) is 151 Å². The molecule has 0 amide bonds. The minimum atomic E-state index is -0.0216. The van der Waals surface area contributed by atoms with Gasteiger partial charge in [0.1, 0.15) is 23.2 Å². The molecule has 0 radical (unpaired) electrons. The fraction of sp³-hybridized carbons (Fsp3) is 0.0476. The molecule has 0 bridgehead atoms. The lowest BCUT2D eigenvalue weighted by Crippen LogP contribution is -2.11. The summed E-state index contributed by atoms with van der Waals surface area (Å²) in [7, 11) is 1.61. The highest BCUT2D eigenvalue weighted by molar-refractivity contribution is 5.98. The number of aromatic amines is 1. The van der Waals surface area contributed by atoms with Gasteiger partial charge in [-0.05, 0) is 48.5 Å². The van der Waals surface area contributed by atoms with E-state index in [0.29, 0.717) is 22.7 Å². The lowest BCUT2D eigenvalue weighted by atomic mass is 10.1. The summed E-state index contributed by atoms with van der Waals surface area (Å²) >= 11 is 0. The van der Waals surface area contributed by atoms with Gasteiger partial charge in [0.2, 0.25) is 0 Å². The number of nitrogens with one attached hydrogen (secondary N) is 3. The van der Waals surface area contributed by atoms with E-state index in [0.717, 1.165) is 27.9 Å². The summed E-state index contributed by atoms with van der Waals surface area (Å²) < 4.78 is 5.52. The summed E-state index contributed by atoms with van der Waals surface area (Å²) in [6, 6.07) is 14.7. The van der Waals surface area contributed by atoms with Crippen molar-refractivity contribution in [2.45, 2.75) is 0 Å². The Kier molecular flexibility index (Phi) is 4.44. The van der Waals surface area contributed by atoms with Crippen LogP contribution in [0.25, 0.3) is 33.7 Å². The van der Waals surface area contributed by atoms with Gasteiger partial charge in [0.15, 0.2) is 0 Å². The number of pyridine rings is 1. The highest BCUT2D eigenvalue weighted by Crippen LogP contribution is 2.33. The number of ether oxygens (including phenoxy) is 1. The van der Waals surface area contributed by atoms with E-state index < -0.39 is 0 Å². The molecule has 0 unspecified atom stereocenters. The Bertz CT molecular complexity index is 1240. The van der Waals surface area contributed by atoms with Crippen LogP contribution in [0.1, 0.15) is 11.1 Å². The molecule has 0 atom stereocenters. The normalized spacial score (nSPS) is 10.8. The van der Waals surface area contributed by atoms with E-state index in [1.54, 1.807) is 31.5 Å². The molecule has 2 aromatic carbocycles. The molecule has 0 saturated carbocycles. The SMILES string of the molecule is COc1ccc(-c2ccc(C(=N)N)cn2)cc1-c1nc2ccc(C(=N)N)cc2[nH]1. The van der Waals surface area contributed by atoms with Crippen LogP contribution < -0.4 is 16.2 Å². The standard InChI is InChI=1S/C21H19N7O/c1-29-18-7-4-11(15-5-3-13(10-26-15)20(24)25)8-14(18)21-27-16-6-2-12(19(22)23)9-17(16)28-21/h2-10H,1H3,(H3,22,23)(H3,24,25)(H,27,28). The van der Waals surface area contributed by atoms with Gasteiger partial charge in [-0.15, -0.1) is 0 Å². The molecule has 144 valence electrons. The number of nitrogens with zero attached hydrogens (tertiary/aromatic N) is 2. The van der Waals surface area contributed by atoms with E-state index in [4.69, 9.17) is 27.0 Å². The van der Waals surface area contributed by atoms with Crippen LogP contribution >= 0.6 is 0 Å². The molecular weight excluding hydrogens is 366 g/mol. The molecule has 8 heteroatoms. The quantitative estimate of drug-likeness (QED) is 0.264. The number of rotatable bonds is 5. The number of imidazole rings is 1. The van der Waals surface area contributed by atoms with Gasteiger partial charge in [-0.3, -0.25) is 15.8 Å². The average Bonchev–Trinajstić information content (AvgIpc) is 3.16. The third-order valence-corrected chi connectivity index (χ3v) is 4.62. The maximum absolute atomic E-state index is 7.61. The predicted molar refractivity (Wildman–Crippen MR) is 113 cm³/mol. The zero-order chi connectivity index (χ0) is 20.5. The lowest BCUT2D eigenvalue weighted by Gasteiger charge is -2.09. The van der Waals surface area contributed by atoms with E-state index in [-0.39, 0.29) is 11.7 Å². The third kappa shape index (κ3) is 3.39. The molecule has 8 nitrogen and oxygen atoms in total.